The van der Waals surface area contributed by atoms with Crippen LogP contribution in [0.1, 0.15) is 44.6 Å². The predicted octanol–water partition coefficient (Wildman–Crippen LogP) is 4.81. The van der Waals surface area contributed by atoms with Crippen LogP contribution in [0, 0.1) is 13.8 Å². The highest BCUT2D eigenvalue weighted by molar-refractivity contribution is 9.10. The molecule has 0 radical (unpaired) electrons. The fourth-order valence-electron chi connectivity index (χ4n) is 3.38. The van der Waals surface area contributed by atoms with Crippen LogP contribution in [0.25, 0.3) is 5.69 Å². The normalized spacial score (nSPS) is 10.9. The number of aromatic nitrogens is 1. The van der Waals surface area contributed by atoms with Crippen LogP contribution in [0.5, 0.6) is 5.75 Å². The van der Waals surface area contributed by atoms with Crippen LogP contribution in [0.15, 0.2) is 58.1 Å². The number of hydrogen-bond donors (Lipinski definition) is 1. The maximum atomic E-state index is 12.5. The molecule has 3 aromatic rings. The van der Waals surface area contributed by atoms with Crippen LogP contribution in [0.3, 0.4) is 0 Å². The van der Waals surface area contributed by atoms with E-state index in [-0.39, 0.29) is 11.9 Å². The lowest BCUT2D eigenvalue weighted by Gasteiger charge is -2.11. The summed E-state index contributed by atoms with van der Waals surface area (Å²) in [5.41, 5.74) is 6.97. The Kier molecular flexibility index (Phi) is 7.48. The minimum absolute atomic E-state index is 0.322. The van der Waals surface area contributed by atoms with Gasteiger partial charge in [0.15, 0.2) is 0 Å². The molecule has 1 amide bonds. The minimum atomic E-state index is -0.379. The molecule has 0 fully saturated rings. The Morgan fingerprint density at radius 2 is 1.94 bits per heavy atom. The van der Waals surface area contributed by atoms with Gasteiger partial charge in [0.25, 0.3) is 5.91 Å². The van der Waals surface area contributed by atoms with Crippen LogP contribution in [0.4, 0.5) is 0 Å². The number of carbonyl (C=O) groups is 2. The monoisotopic (exact) mass is 497 g/mol. The summed E-state index contributed by atoms with van der Waals surface area (Å²) >= 11 is 3.36. The van der Waals surface area contributed by atoms with Gasteiger partial charge < -0.3 is 14.0 Å². The Morgan fingerprint density at radius 3 is 2.66 bits per heavy atom. The number of benzene rings is 2. The third kappa shape index (κ3) is 5.08. The van der Waals surface area contributed by atoms with Gasteiger partial charge in [0.05, 0.1) is 31.1 Å². The van der Waals surface area contributed by atoms with Crippen LogP contribution in [0.2, 0.25) is 0 Å². The largest absolute Gasteiger partial charge is 0.496 e. The fourth-order valence-corrected chi connectivity index (χ4v) is 3.74. The Labute approximate surface area is 195 Å². The minimum Gasteiger partial charge on any atom is -0.496 e. The third-order valence-corrected chi connectivity index (χ3v) is 5.35. The van der Waals surface area contributed by atoms with Gasteiger partial charge in [-0.05, 0) is 63.2 Å². The van der Waals surface area contributed by atoms with Gasteiger partial charge in [0, 0.05) is 27.1 Å². The number of carbonyl (C=O) groups excluding carboxylic acids is 2. The van der Waals surface area contributed by atoms with Gasteiger partial charge in [-0.3, -0.25) is 4.79 Å². The number of hydrogen-bond acceptors (Lipinski definition) is 5. The van der Waals surface area contributed by atoms with Crippen molar-refractivity contribution in [1.82, 2.24) is 9.99 Å². The lowest BCUT2D eigenvalue weighted by Crippen LogP contribution is -2.18. The average Bonchev–Trinajstić information content (AvgIpc) is 3.06. The number of nitrogens with one attached hydrogen (secondary N) is 1. The van der Waals surface area contributed by atoms with Crippen molar-refractivity contribution < 1.29 is 19.1 Å². The first-order valence-electron chi connectivity index (χ1n) is 9.99. The Bertz CT molecular complexity index is 1180. The van der Waals surface area contributed by atoms with Crippen molar-refractivity contribution in [2.45, 2.75) is 20.8 Å². The highest BCUT2D eigenvalue weighted by Gasteiger charge is 2.14. The number of aryl methyl sites for hydroxylation is 1. The van der Waals surface area contributed by atoms with Crippen molar-refractivity contribution >= 4 is 34.0 Å². The van der Waals surface area contributed by atoms with E-state index in [0.29, 0.717) is 23.5 Å². The number of halogens is 1. The molecule has 0 aliphatic carbocycles. The van der Waals surface area contributed by atoms with Crippen molar-refractivity contribution in [3.8, 4) is 11.4 Å². The molecule has 2 aromatic carbocycles. The Morgan fingerprint density at radius 1 is 1.16 bits per heavy atom. The number of amides is 1. The number of rotatable bonds is 7. The summed E-state index contributed by atoms with van der Waals surface area (Å²) in [6.07, 6.45) is 1.59. The molecular formula is C24H24BrN3O4. The van der Waals surface area contributed by atoms with Crippen LogP contribution in [-0.2, 0) is 4.74 Å². The number of nitrogens with zero attached hydrogens (tertiary/aromatic N) is 2. The second-order valence-electron chi connectivity index (χ2n) is 6.98. The molecule has 166 valence electrons. The third-order valence-electron chi connectivity index (χ3n) is 4.86. The van der Waals surface area contributed by atoms with Gasteiger partial charge in [-0.15, -0.1) is 0 Å². The van der Waals surface area contributed by atoms with E-state index in [4.69, 9.17) is 9.47 Å². The molecule has 0 aliphatic heterocycles. The second kappa shape index (κ2) is 10.3. The molecule has 0 atom stereocenters. The Hall–Kier alpha value is -3.39. The molecule has 3 rings (SSSR count). The molecule has 1 aromatic heterocycles. The molecule has 0 bridgehead atoms. The lowest BCUT2D eigenvalue weighted by molar-refractivity contribution is 0.0526. The van der Waals surface area contributed by atoms with Gasteiger partial charge in [0.2, 0.25) is 0 Å². The maximum Gasteiger partial charge on any atom is 0.338 e. The van der Waals surface area contributed by atoms with E-state index in [0.717, 1.165) is 27.1 Å². The summed E-state index contributed by atoms with van der Waals surface area (Å²) in [5, 5.41) is 4.12. The molecule has 8 heteroatoms. The quantitative estimate of drug-likeness (QED) is 0.288. The molecule has 32 heavy (non-hydrogen) atoms. The average molecular weight is 498 g/mol. The fraction of sp³-hybridized carbons (Fsp3) is 0.208. The zero-order valence-corrected chi connectivity index (χ0v) is 19.9. The smallest absolute Gasteiger partial charge is 0.338 e. The van der Waals surface area contributed by atoms with Crippen LogP contribution >= 0.6 is 15.9 Å². The number of ether oxygens (including phenoxy) is 2. The molecule has 0 aliphatic rings. The number of methoxy groups -OCH3 is 1. The van der Waals surface area contributed by atoms with E-state index in [1.165, 1.54) is 7.11 Å². The van der Waals surface area contributed by atoms with Gasteiger partial charge in [-0.2, -0.15) is 5.10 Å². The van der Waals surface area contributed by atoms with Crippen LogP contribution < -0.4 is 10.2 Å². The first-order chi connectivity index (χ1) is 15.3. The van der Waals surface area contributed by atoms with Crippen molar-refractivity contribution in [3.05, 3.63) is 81.1 Å². The van der Waals surface area contributed by atoms with Crippen LogP contribution in [-0.4, -0.2) is 36.4 Å². The number of esters is 1. The molecular weight excluding hydrogens is 474 g/mol. The van der Waals surface area contributed by atoms with Crippen molar-refractivity contribution in [1.29, 1.82) is 0 Å². The highest BCUT2D eigenvalue weighted by Crippen LogP contribution is 2.23. The zero-order valence-electron chi connectivity index (χ0n) is 18.3. The topological polar surface area (TPSA) is 81.9 Å². The van der Waals surface area contributed by atoms with E-state index >= 15 is 0 Å². The molecule has 0 saturated heterocycles. The summed E-state index contributed by atoms with van der Waals surface area (Å²) in [6.45, 7) is 6.01. The SMILES string of the molecule is CCOC(=O)c1cccc(-n2c(C)cc(C=NNC(=O)c3cc(Br)ccc3OC)c2C)c1. The molecule has 0 unspecified atom stereocenters. The predicted molar refractivity (Wildman–Crippen MR) is 127 cm³/mol. The summed E-state index contributed by atoms with van der Waals surface area (Å²) in [6, 6.07) is 14.4. The first kappa shape index (κ1) is 23.3. The molecule has 7 nitrogen and oxygen atoms in total. The van der Waals surface area contributed by atoms with Crippen molar-refractivity contribution in [2.75, 3.05) is 13.7 Å². The maximum absolute atomic E-state index is 12.5. The van der Waals surface area contributed by atoms with Crippen molar-refractivity contribution in [2.24, 2.45) is 5.10 Å². The zero-order chi connectivity index (χ0) is 23.3. The summed E-state index contributed by atoms with van der Waals surface area (Å²) in [5.74, 6) is -0.278. The Balaban J connectivity index is 1.82. The summed E-state index contributed by atoms with van der Waals surface area (Å²) in [4.78, 5) is 24.6. The molecule has 0 saturated carbocycles. The lowest BCUT2D eigenvalue weighted by atomic mass is 10.2. The van der Waals surface area contributed by atoms with Gasteiger partial charge in [-0.25, -0.2) is 10.2 Å². The van der Waals surface area contributed by atoms with E-state index in [1.54, 1.807) is 43.5 Å². The molecule has 1 N–H and O–H groups in total. The van der Waals surface area contributed by atoms with Crippen molar-refractivity contribution in [3.63, 3.8) is 0 Å². The summed E-state index contributed by atoms with van der Waals surface area (Å²) in [7, 11) is 1.51. The standard InChI is InChI=1S/C24H24BrN3O4/c1-5-32-24(30)17-7-6-8-20(12-17)28-15(2)11-18(16(28)3)14-26-27-23(29)21-13-19(25)9-10-22(21)31-4/h6-14H,5H2,1-4H3,(H,27,29). The van der Waals surface area contributed by atoms with E-state index in [1.807, 2.05) is 36.6 Å². The molecule has 0 spiro atoms. The first-order valence-corrected chi connectivity index (χ1v) is 10.8. The second-order valence-corrected chi connectivity index (χ2v) is 7.89. The van der Waals surface area contributed by atoms with E-state index in [2.05, 4.69) is 26.5 Å². The summed E-state index contributed by atoms with van der Waals surface area (Å²) < 4.78 is 13.1. The van der Waals surface area contributed by atoms with E-state index in [9.17, 15) is 9.59 Å². The van der Waals surface area contributed by atoms with Gasteiger partial charge >= 0.3 is 5.97 Å². The molecule has 1 heterocycles. The van der Waals surface area contributed by atoms with E-state index < -0.39 is 0 Å². The van der Waals surface area contributed by atoms with Gasteiger partial charge in [0.1, 0.15) is 5.75 Å². The highest BCUT2D eigenvalue weighted by atomic mass is 79.9. The number of hydrazone groups is 1. The van der Waals surface area contributed by atoms with Gasteiger partial charge in [-0.1, -0.05) is 22.0 Å².